The van der Waals surface area contributed by atoms with Gasteiger partial charge in [-0.05, 0) is 80.3 Å². The number of nitrogen functional groups attached to an aromatic ring is 1. The van der Waals surface area contributed by atoms with Crippen molar-refractivity contribution < 1.29 is 17.9 Å². The van der Waals surface area contributed by atoms with Crippen LogP contribution in [-0.4, -0.2) is 4.57 Å². The van der Waals surface area contributed by atoms with Crippen LogP contribution in [0.3, 0.4) is 0 Å². The Hall–Kier alpha value is -4.00. The fourth-order valence-corrected chi connectivity index (χ4v) is 4.26. The Kier molecular flexibility index (Phi) is 6.67. The summed E-state index contributed by atoms with van der Waals surface area (Å²) in [4.78, 5) is 13.2. The van der Waals surface area contributed by atoms with Crippen molar-refractivity contribution in [1.29, 1.82) is 0 Å². The predicted molar refractivity (Wildman–Crippen MR) is 137 cm³/mol. The fraction of sp³-hybridized carbons (Fsp3) is 0.207. The quantitative estimate of drug-likeness (QED) is 0.321. The average molecular weight is 493 g/mol. The van der Waals surface area contributed by atoms with Gasteiger partial charge in [-0.2, -0.15) is 13.2 Å². The number of hydrogen-bond donors (Lipinski definition) is 1. The predicted octanol–water partition coefficient (Wildman–Crippen LogP) is 7.19. The minimum atomic E-state index is -4.77. The third-order valence-electron chi connectivity index (χ3n) is 6.26. The van der Waals surface area contributed by atoms with Crippen molar-refractivity contribution in [1.82, 2.24) is 4.57 Å². The molecule has 0 bridgehead atoms. The molecule has 4 rings (SSSR count). The van der Waals surface area contributed by atoms with Gasteiger partial charge in [0, 0.05) is 5.56 Å². The summed E-state index contributed by atoms with van der Waals surface area (Å²) in [6.07, 6.45) is -4.77. The monoisotopic (exact) mass is 492 g/mol. The van der Waals surface area contributed by atoms with Crippen molar-refractivity contribution in [3.05, 3.63) is 110 Å². The van der Waals surface area contributed by atoms with Crippen LogP contribution in [-0.2, 0) is 12.7 Å². The molecule has 2 N–H and O–H groups in total. The lowest BCUT2D eigenvalue weighted by molar-refractivity contribution is -0.137. The molecule has 0 amide bonds. The number of para-hydroxylation sites is 1. The zero-order valence-corrected chi connectivity index (χ0v) is 20.5. The molecule has 186 valence electrons. The molecular weight excluding hydrogens is 465 g/mol. The molecular formula is C29H27F3N2O2. The van der Waals surface area contributed by atoms with E-state index >= 15 is 0 Å². The summed E-state index contributed by atoms with van der Waals surface area (Å²) in [6.45, 7) is 7.65. The number of ether oxygens (including phenoxy) is 1. The Morgan fingerprint density at radius 1 is 0.861 bits per heavy atom. The number of nitrogens with two attached hydrogens (primary N) is 1. The minimum absolute atomic E-state index is 0.0868. The van der Waals surface area contributed by atoms with Gasteiger partial charge in [-0.15, -0.1) is 0 Å². The van der Waals surface area contributed by atoms with Crippen LogP contribution >= 0.6 is 0 Å². The molecule has 0 aliphatic carbocycles. The first-order valence-corrected chi connectivity index (χ1v) is 11.5. The van der Waals surface area contributed by atoms with Gasteiger partial charge in [-0.25, -0.2) is 0 Å². The number of anilines is 1. The first-order valence-electron chi connectivity index (χ1n) is 11.5. The molecule has 0 unspecified atom stereocenters. The summed E-state index contributed by atoms with van der Waals surface area (Å²) in [5.41, 5.74) is 7.94. The summed E-state index contributed by atoms with van der Waals surface area (Å²) in [7, 11) is 0. The third-order valence-corrected chi connectivity index (χ3v) is 6.26. The molecule has 0 fully saturated rings. The first kappa shape index (κ1) is 25.1. The Labute approximate surface area is 207 Å². The number of pyridine rings is 1. The number of aromatic nitrogens is 1. The van der Waals surface area contributed by atoms with Crippen LogP contribution in [0.4, 0.5) is 18.9 Å². The molecule has 1 aromatic heterocycles. The highest BCUT2D eigenvalue weighted by atomic mass is 19.4. The highest BCUT2D eigenvalue weighted by Crippen LogP contribution is 2.37. The zero-order valence-electron chi connectivity index (χ0n) is 20.5. The SMILES string of the molecule is Cc1ccc(Cn2c(-c3ccc(Oc4ccccc4C)cc3C)cc(C(F)(F)F)c(N)c2=O)c(C)c1. The van der Waals surface area contributed by atoms with E-state index in [9.17, 15) is 18.0 Å². The van der Waals surface area contributed by atoms with Gasteiger partial charge in [0.2, 0.25) is 0 Å². The van der Waals surface area contributed by atoms with E-state index < -0.39 is 23.0 Å². The van der Waals surface area contributed by atoms with Crippen LogP contribution in [0.5, 0.6) is 11.5 Å². The van der Waals surface area contributed by atoms with E-state index in [-0.39, 0.29) is 12.2 Å². The summed E-state index contributed by atoms with van der Waals surface area (Å²) < 4.78 is 48.7. The zero-order chi connectivity index (χ0) is 26.2. The minimum Gasteiger partial charge on any atom is -0.457 e. The van der Waals surface area contributed by atoms with Gasteiger partial charge in [-0.3, -0.25) is 4.79 Å². The standard InChI is InChI=1S/C29H27F3N2O2/c1-17-9-10-21(19(3)13-17)16-34-25(15-24(29(30,31)32)27(33)28(34)35)23-12-11-22(14-20(23)4)36-26-8-6-5-7-18(26)2/h5-15H,16,33H2,1-4H3. The molecule has 4 aromatic rings. The lowest BCUT2D eigenvalue weighted by Crippen LogP contribution is -2.29. The van der Waals surface area contributed by atoms with Crippen LogP contribution in [0.25, 0.3) is 11.3 Å². The van der Waals surface area contributed by atoms with Gasteiger partial charge in [0.05, 0.1) is 17.8 Å². The Bertz CT molecular complexity index is 1500. The van der Waals surface area contributed by atoms with Crippen LogP contribution < -0.4 is 16.0 Å². The van der Waals surface area contributed by atoms with Crippen LogP contribution in [0, 0.1) is 27.7 Å². The number of rotatable bonds is 5. The van der Waals surface area contributed by atoms with E-state index in [2.05, 4.69) is 0 Å². The van der Waals surface area contributed by atoms with Crippen molar-refractivity contribution in [3.8, 4) is 22.8 Å². The maximum Gasteiger partial charge on any atom is 0.418 e. The summed E-state index contributed by atoms with van der Waals surface area (Å²) in [5.74, 6) is 1.23. The average Bonchev–Trinajstić information content (AvgIpc) is 2.80. The van der Waals surface area contributed by atoms with E-state index in [1.54, 1.807) is 25.1 Å². The molecule has 0 aliphatic heterocycles. The molecule has 7 heteroatoms. The highest BCUT2D eigenvalue weighted by Gasteiger charge is 2.35. The number of hydrogen-bond acceptors (Lipinski definition) is 3. The number of nitrogens with zero attached hydrogens (tertiary/aromatic N) is 1. The summed E-state index contributed by atoms with van der Waals surface area (Å²) >= 11 is 0. The van der Waals surface area contributed by atoms with Crippen LogP contribution in [0.2, 0.25) is 0 Å². The highest BCUT2D eigenvalue weighted by molar-refractivity contribution is 5.69. The lowest BCUT2D eigenvalue weighted by Gasteiger charge is -2.20. The van der Waals surface area contributed by atoms with Crippen LogP contribution in [0.1, 0.15) is 33.4 Å². The molecule has 0 saturated heterocycles. The molecule has 0 spiro atoms. The van der Waals surface area contributed by atoms with Gasteiger partial charge in [-0.1, -0.05) is 42.0 Å². The normalized spacial score (nSPS) is 11.5. The van der Waals surface area contributed by atoms with Gasteiger partial charge in [0.25, 0.3) is 5.56 Å². The topological polar surface area (TPSA) is 57.2 Å². The largest absolute Gasteiger partial charge is 0.457 e. The number of aryl methyl sites for hydroxylation is 4. The molecule has 0 radical (unpaired) electrons. The molecule has 0 aliphatic rings. The number of alkyl halides is 3. The second-order valence-corrected chi connectivity index (χ2v) is 9.02. The summed E-state index contributed by atoms with van der Waals surface area (Å²) in [6, 6.07) is 19.4. The maximum atomic E-state index is 13.8. The van der Waals surface area contributed by atoms with E-state index in [4.69, 9.17) is 10.5 Å². The van der Waals surface area contributed by atoms with Crippen molar-refractivity contribution in [2.75, 3.05) is 5.73 Å². The second-order valence-electron chi connectivity index (χ2n) is 9.02. The van der Waals surface area contributed by atoms with Gasteiger partial charge >= 0.3 is 6.18 Å². The Morgan fingerprint density at radius 3 is 2.22 bits per heavy atom. The van der Waals surface area contributed by atoms with Crippen molar-refractivity contribution >= 4 is 5.69 Å². The Balaban J connectivity index is 1.86. The van der Waals surface area contributed by atoms with E-state index in [1.807, 2.05) is 63.2 Å². The Morgan fingerprint density at radius 2 is 1.58 bits per heavy atom. The van der Waals surface area contributed by atoms with Gasteiger partial charge in [0.1, 0.15) is 17.2 Å². The molecule has 1 heterocycles. The van der Waals surface area contributed by atoms with Crippen molar-refractivity contribution in [3.63, 3.8) is 0 Å². The maximum absolute atomic E-state index is 13.8. The smallest absolute Gasteiger partial charge is 0.418 e. The van der Waals surface area contributed by atoms with Crippen molar-refractivity contribution in [2.45, 2.75) is 40.4 Å². The van der Waals surface area contributed by atoms with Crippen LogP contribution in [0.15, 0.2) is 71.5 Å². The molecule has 3 aromatic carbocycles. The van der Waals surface area contributed by atoms with E-state index in [0.29, 0.717) is 22.6 Å². The molecule has 4 nitrogen and oxygen atoms in total. The number of halogens is 3. The lowest BCUT2D eigenvalue weighted by atomic mass is 10.0. The van der Waals surface area contributed by atoms with E-state index in [0.717, 1.165) is 28.3 Å². The number of benzene rings is 3. The second kappa shape index (κ2) is 9.57. The third kappa shape index (κ3) is 5.00. The molecule has 0 saturated carbocycles. The van der Waals surface area contributed by atoms with Gasteiger partial charge in [0.15, 0.2) is 0 Å². The fourth-order valence-electron chi connectivity index (χ4n) is 4.26. The van der Waals surface area contributed by atoms with Crippen molar-refractivity contribution in [2.24, 2.45) is 0 Å². The molecule has 36 heavy (non-hydrogen) atoms. The van der Waals surface area contributed by atoms with E-state index in [1.165, 1.54) is 4.57 Å². The van der Waals surface area contributed by atoms with Gasteiger partial charge < -0.3 is 15.0 Å². The molecule has 0 atom stereocenters. The summed E-state index contributed by atoms with van der Waals surface area (Å²) in [5, 5.41) is 0. The first-order chi connectivity index (χ1) is 17.0.